The molecule has 6 nitrogen and oxygen atoms in total. The quantitative estimate of drug-likeness (QED) is 0.517. The van der Waals surface area contributed by atoms with Gasteiger partial charge in [0.15, 0.2) is 0 Å². The summed E-state index contributed by atoms with van der Waals surface area (Å²) >= 11 is 0.766. The van der Waals surface area contributed by atoms with E-state index >= 15 is 0 Å². The molecule has 0 fully saturated rings. The van der Waals surface area contributed by atoms with Gasteiger partial charge in [0.25, 0.3) is 5.91 Å². The molecule has 1 aliphatic heterocycles. The number of carbonyl (C=O) groups is 1. The highest BCUT2D eigenvalue weighted by atomic mass is 32.1. The monoisotopic (exact) mass is 432 g/mol. The maximum atomic E-state index is 13.2. The molecule has 10 heteroatoms. The Hall–Kier alpha value is -3.14. The molecule has 0 saturated heterocycles. The summed E-state index contributed by atoms with van der Waals surface area (Å²) in [6.07, 6.45) is -2.18. The SMILES string of the molecule is O=C(c1cnc(CC(F)(F)F)s1)N1CCc2[nH]cnc2[C@H]1c1cc2ccccc2o1. The molecule has 0 aliphatic carbocycles. The van der Waals surface area contributed by atoms with Gasteiger partial charge in [-0.1, -0.05) is 18.2 Å². The molecule has 0 bridgehead atoms. The summed E-state index contributed by atoms with van der Waals surface area (Å²) in [6, 6.07) is 8.80. The van der Waals surface area contributed by atoms with E-state index in [-0.39, 0.29) is 15.8 Å². The van der Waals surface area contributed by atoms with Crippen LogP contribution in [0.5, 0.6) is 0 Å². The van der Waals surface area contributed by atoms with Crippen molar-refractivity contribution in [3.63, 3.8) is 0 Å². The van der Waals surface area contributed by atoms with Crippen LogP contribution < -0.4 is 0 Å². The molecule has 154 valence electrons. The number of carbonyl (C=O) groups excluding carboxylic acids is 1. The van der Waals surface area contributed by atoms with Crippen molar-refractivity contribution in [3.05, 3.63) is 69.9 Å². The number of H-pyrrole nitrogens is 1. The first kappa shape index (κ1) is 18.9. The average molecular weight is 432 g/mol. The molecule has 1 N–H and O–H groups in total. The number of amides is 1. The van der Waals surface area contributed by atoms with Crippen LogP contribution >= 0.6 is 11.3 Å². The number of nitrogens with one attached hydrogen (secondary N) is 1. The minimum absolute atomic E-state index is 0.136. The Balaban J connectivity index is 1.52. The maximum absolute atomic E-state index is 13.2. The zero-order valence-corrected chi connectivity index (χ0v) is 16.3. The zero-order valence-electron chi connectivity index (χ0n) is 15.4. The fraction of sp³-hybridized carbons (Fsp3) is 0.250. The van der Waals surface area contributed by atoms with E-state index in [4.69, 9.17) is 4.42 Å². The van der Waals surface area contributed by atoms with Crippen molar-refractivity contribution in [1.29, 1.82) is 0 Å². The van der Waals surface area contributed by atoms with E-state index < -0.39 is 18.6 Å². The van der Waals surface area contributed by atoms with Gasteiger partial charge in [0, 0.05) is 24.0 Å². The molecule has 0 saturated carbocycles. The Morgan fingerprint density at radius 2 is 2.13 bits per heavy atom. The lowest BCUT2D eigenvalue weighted by molar-refractivity contribution is -0.127. The van der Waals surface area contributed by atoms with Crippen LogP contribution in [0.3, 0.4) is 0 Å². The van der Waals surface area contributed by atoms with Crippen molar-refractivity contribution < 1.29 is 22.4 Å². The predicted molar refractivity (Wildman–Crippen MR) is 103 cm³/mol. The Morgan fingerprint density at radius 3 is 2.93 bits per heavy atom. The number of alkyl halides is 3. The van der Waals surface area contributed by atoms with E-state index in [9.17, 15) is 18.0 Å². The van der Waals surface area contributed by atoms with Gasteiger partial charge in [0.05, 0.1) is 24.6 Å². The number of benzene rings is 1. The van der Waals surface area contributed by atoms with Crippen LogP contribution in [0, 0.1) is 0 Å². The van der Waals surface area contributed by atoms with Crippen molar-refractivity contribution in [2.75, 3.05) is 6.54 Å². The molecule has 1 atom stereocenters. The molecule has 0 unspecified atom stereocenters. The second-order valence-electron chi connectivity index (χ2n) is 7.01. The number of para-hydroxylation sites is 1. The topological polar surface area (TPSA) is 75.0 Å². The number of hydrogen-bond acceptors (Lipinski definition) is 5. The largest absolute Gasteiger partial charge is 0.458 e. The number of fused-ring (bicyclic) bond motifs is 2. The lowest BCUT2D eigenvalue weighted by atomic mass is 10.00. The van der Waals surface area contributed by atoms with Crippen molar-refractivity contribution in [3.8, 4) is 0 Å². The summed E-state index contributed by atoms with van der Waals surface area (Å²) < 4.78 is 44.0. The summed E-state index contributed by atoms with van der Waals surface area (Å²) in [5.41, 5.74) is 2.27. The molecule has 3 aromatic heterocycles. The van der Waals surface area contributed by atoms with Gasteiger partial charge in [-0.05, 0) is 12.1 Å². The van der Waals surface area contributed by atoms with Gasteiger partial charge in [-0.15, -0.1) is 11.3 Å². The second kappa shape index (κ2) is 6.98. The Labute approximate surface area is 172 Å². The van der Waals surface area contributed by atoms with Gasteiger partial charge >= 0.3 is 6.18 Å². The van der Waals surface area contributed by atoms with Crippen molar-refractivity contribution in [2.45, 2.75) is 25.1 Å². The van der Waals surface area contributed by atoms with E-state index in [1.807, 2.05) is 30.3 Å². The lowest BCUT2D eigenvalue weighted by Crippen LogP contribution is -2.40. The molecule has 0 radical (unpaired) electrons. The van der Waals surface area contributed by atoms with E-state index in [0.29, 0.717) is 30.0 Å². The van der Waals surface area contributed by atoms with Crippen LogP contribution in [0.2, 0.25) is 0 Å². The van der Waals surface area contributed by atoms with Crippen LogP contribution in [0.25, 0.3) is 11.0 Å². The van der Waals surface area contributed by atoms with E-state index in [1.54, 1.807) is 11.2 Å². The maximum Gasteiger partial charge on any atom is 0.395 e. The van der Waals surface area contributed by atoms with Gasteiger partial charge in [-0.25, -0.2) is 9.97 Å². The Kier molecular flexibility index (Phi) is 4.39. The second-order valence-corrected chi connectivity index (χ2v) is 8.13. The number of furan rings is 1. The lowest BCUT2D eigenvalue weighted by Gasteiger charge is -2.33. The molecule has 4 heterocycles. The molecule has 1 aliphatic rings. The molecule has 1 aromatic carbocycles. The first-order valence-corrected chi connectivity index (χ1v) is 10.0. The summed E-state index contributed by atoms with van der Waals surface area (Å²) in [5.74, 6) is 0.165. The number of aromatic nitrogens is 3. The van der Waals surface area contributed by atoms with Gasteiger partial charge < -0.3 is 14.3 Å². The van der Waals surface area contributed by atoms with Gasteiger partial charge in [-0.3, -0.25) is 4.79 Å². The van der Waals surface area contributed by atoms with Gasteiger partial charge in [-0.2, -0.15) is 13.2 Å². The first-order valence-electron chi connectivity index (χ1n) is 9.22. The van der Waals surface area contributed by atoms with E-state index in [1.165, 1.54) is 6.20 Å². The van der Waals surface area contributed by atoms with Crippen molar-refractivity contribution in [2.24, 2.45) is 0 Å². The van der Waals surface area contributed by atoms with Crippen LogP contribution in [-0.4, -0.2) is 38.5 Å². The number of rotatable bonds is 3. The molecule has 1 amide bonds. The van der Waals surface area contributed by atoms with Gasteiger partial charge in [0.1, 0.15) is 27.3 Å². The molecule has 5 rings (SSSR count). The summed E-state index contributed by atoms with van der Waals surface area (Å²) in [4.78, 5) is 26.3. The number of thiazole rings is 1. The third-order valence-corrected chi connectivity index (χ3v) is 6.00. The van der Waals surface area contributed by atoms with Crippen LogP contribution in [0.4, 0.5) is 13.2 Å². The van der Waals surface area contributed by atoms with Crippen LogP contribution in [0.1, 0.15) is 37.9 Å². The minimum atomic E-state index is -4.37. The highest BCUT2D eigenvalue weighted by Crippen LogP contribution is 2.37. The summed E-state index contributed by atoms with van der Waals surface area (Å²) in [5, 5.41) is 0.761. The average Bonchev–Trinajstić information content (AvgIpc) is 3.43. The molecular formula is C20H15F3N4O2S. The van der Waals surface area contributed by atoms with Gasteiger partial charge in [0.2, 0.25) is 0 Å². The Bertz CT molecular complexity index is 1190. The number of nitrogens with zero attached hydrogens (tertiary/aromatic N) is 3. The third kappa shape index (κ3) is 3.36. The smallest absolute Gasteiger partial charge is 0.395 e. The highest BCUT2D eigenvalue weighted by molar-refractivity contribution is 7.13. The summed E-state index contributed by atoms with van der Waals surface area (Å²) in [6.45, 7) is 0.377. The summed E-state index contributed by atoms with van der Waals surface area (Å²) in [7, 11) is 0. The standard InChI is InChI=1S/C20H15F3N4O2S/c21-20(22,23)8-16-24-9-15(30-16)19(28)27-6-5-12-17(26-10-25-12)18(27)14-7-11-3-1-2-4-13(11)29-14/h1-4,7,9-10,18H,5-6,8H2,(H,25,26)/t18-/m1/s1. The number of aromatic amines is 1. The number of halogens is 3. The highest BCUT2D eigenvalue weighted by Gasteiger charge is 2.38. The molecule has 30 heavy (non-hydrogen) atoms. The van der Waals surface area contributed by atoms with Crippen molar-refractivity contribution >= 4 is 28.2 Å². The Morgan fingerprint density at radius 1 is 1.30 bits per heavy atom. The fourth-order valence-corrected chi connectivity index (χ4v) is 4.63. The van der Waals surface area contributed by atoms with Crippen LogP contribution in [-0.2, 0) is 12.8 Å². The molecule has 0 spiro atoms. The minimum Gasteiger partial charge on any atom is -0.458 e. The normalized spacial score (nSPS) is 16.8. The molecule has 4 aromatic rings. The van der Waals surface area contributed by atoms with E-state index in [2.05, 4.69) is 15.0 Å². The fourth-order valence-electron chi connectivity index (χ4n) is 3.72. The number of imidazole rings is 1. The zero-order chi connectivity index (χ0) is 20.9. The number of hydrogen-bond donors (Lipinski definition) is 1. The van der Waals surface area contributed by atoms with Crippen molar-refractivity contribution in [1.82, 2.24) is 19.9 Å². The predicted octanol–water partition coefficient (Wildman–Crippen LogP) is 4.51. The third-order valence-electron chi connectivity index (χ3n) is 5.02. The van der Waals surface area contributed by atoms with E-state index in [0.717, 1.165) is 22.4 Å². The first-order chi connectivity index (χ1) is 14.4. The molecular weight excluding hydrogens is 417 g/mol. The van der Waals surface area contributed by atoms with Crippen LogP contribution in [0.15, 0.2) is 47.3 Å².